The molecule has 1 aromatic heterocycles. The van der Waals surface area contributed by atoms with Crippen molar-refractivity contribution in [1.82, 2.24) is 19.8 Å². The van der Waals surface area contributed by atoms with Crippen LogP contribution in [-0.4, -0.2) is 42.9 Å². The van der Waals surface area contributed by atoms with Gasteiger partial charge in [-0.15, -0.1) is 0 Å². The van der Waals surface area contributed by atoms with Gasteiger partial charge in [-0.25, -0.2) is 12.7 Å². The highest BCUT2D eigenvalue weighted by Gasteiger charge is 2.20. The summed E-state index contributed by atoms with van der Waals surface area (Å²) in [5.41, 5.74) is 2.37. The molecule has 0 aliphatic carbocycles. The van der Waals surface area contributed by atoms with Crippen LogP contribution in [-0.2, 0) is 10.0 Å². The summed E-state index contributed by atoms with van der Waals surface area (Å²) in [7, 11) is -0.600. The summed E-state index contributed by atoms with van der Waals surface area (Å²) in [6.45, 7) is 1.79. The summed E-state index contributed by atoms with van der Waals surface area (Å²) >= 11 is 6.00. The second-order valence-corrected chi connectivity index (χ2v) is 9.32. The van der Waals surface area contributed by atoms with Gasteiger partial charge in [-0.1, -0.05) is 35.9 Å². The fourth-order valence-electron chi connectivity index (χ4n) is 2.75. The summed E-state index contributed by atoms with van der Waals surface area (Å²) < 4.78 is 25.8. The maximum Gasteiger partial charge on any atom is 0.269 e. The molecule has 1 atom stereocenters. The lowest BCUT2D eigenvalue weighted by molar-refractivity contribution is 0.0935. The third kappa shape index (κ3) is 4.67. The minimum atomic E-state index is -3.55. The molecule has 0 aliphatic rings. The first-order valence-corrected chi connectivity index (χ1v) is 10.6. The number of hydrogen-bond donors (Lipinski definition) is 2. The van der Waals surface area contributed by atoms with Crippen LogP contribution in [0.25, 0.3) is 11.3 Å². The average molecular weight is 433 g/mol. The Morgan fingerprint density at radius 3 is 2.55 bits per heavy atom. The smallest absolute Gasteiger partial charge is 0.269 e. The number of aromatic nitrogens is 2. The number of nitrogens with zero attached hydrogens (tertiary/aromatic N) is 2. The lowest BCUT2D eigenvalue weighted by atomic mass is 10.1. The third-order valence-corrected chi connectivity index (χ3v) is 6.47. The normalized spacial score (nSPS) is 12.7. The van der Waals surface area contributed by atoms with E-state index in [1.165, 1.54) is 20.2 Å². The number of hydrogen-bond acceptors (Lipinski definition) is 4. The molecule has 0 fully saturated rings. The van der Waals surface area contributed by atoms with Crippen molar-refractivity contribution >= 4 is 27.5 Å². The zero-order valence-corrected chi connectivity index (χ0v) is 17.8. The number of rotatable bonds is 6. The van der Waals surface area contributed by atoms with Crippen molar-refractivity contribution in [3.05, 3.63) is 70.9 Å². The minimum Gasteiger partial charge on any atom is -0.344 e. The monoisotopic (exact) mass is 432 g/mol. The average Bonchev–Trinajstić information content (AvgIpc) is 3.18. The Labute approximate surface area is 174 Å². The van der Waals surface area contributed by atoms with Gasteiger partial charge in [-0.3, -0.25) is 9.89 Å². The Morgan fingerprint density at radius 2 is 1.86 bits per heavy atom. The molecule has 7 nitrogen and oxygen atoms in total. The van der Waals surface area contributed by atoms with Gasteiger partial charge in [0.15, 0.2) is 0 Å². The second kappa shape index (κ2) is 8.36. The number of carbonyl (C=O) groups excluding carboxylic acids is 1. The predicted molar refractivity (Wildman–Crippen MR) is 112 cm³/mol. The van der Waals surface area contributed by atoms with E-state index in [9.17, 15) is 13.2 Å². The summed E-state index contributed by atoms with van der Waals surface area (Å²) in [5.74, 6) is -0.348. The Bertz CT molecular complexity index is 1140. The van der Waals surface area contributed by atoms with Crippen LogP contribution in [0.5, 0.6) is 0 Å². The Balaban J connectivity index is 1.76. The van der Waals surface area contributed by atoms with Crippen LogP contribution in [0.1, 0.15) is 29.0 Å². The van der Waals surface area contributed by atoms with E-state index in [4.69, 9.17) is 11.6 Å². The van der Waals surface area contributed by atoms with Crippen LogP contribution < -0.4 is 5.32 Å². The molecule has 0 saturated heterocycles. The molecule has 1 unspecified atom stereocenters. The molecule has 29 heavy (non-hydrogen) atoms. The predicted octanol–water partition coefficient (Wildman–Crippen LogP) is 3.47. The van der Waals surface area contributed by atoms with Crippen LogP contribution in [0.3, 0.4) is 0 Å². The van der Waals surface area contributed by atoms with Gasteiger partial charge < -0.3 is 5.32 Å². The number of nitrogens with one attached hydrogen (secondary N) is 2. The number of amides is 1. The van der Waals surface area contributed by atoms with Crippen LogP contribution in [0.15, 0.2) is 59.5 Å². The van der Waals surface area contributed by atoms with Crippen LogP contribution >= 0.6 is 11.6 Å². The van der Waals surface area contributed by atoms with Crippen molar-refractivity contribution in [2.24, 2.45) is 0 Å². The van der Waals surface area contributed by atoms with Gasteiger partial charge in [0.25, 0.3) is 5.91 Å². The molecular formula is C20H21ClN4O3S. The number of benzene rings is 2. The zero-order chi connectivity index (χ0) is 21.2. The Kier molecular flexibility index (Phi) is 6.07. The van der Waals surface area contributed by atoms with Gasteiger partial charge in [0.1, 0.15) is 5.69 Å². The molecule has 0 spiro atoms. The fraction of sp³-hybridized carbons (Fsp3) is 0.200. The van der Waals surface area contributed by atoms with Gasteiger partial charge in [0.2, 0.25) is 10.0 Å². The summed E-state index contributed by atoms with van der Waals surface area (Å²) in [6.07, 6.45) is 0. The third-order valence-electron chi connectivity index (χ3n) is 4.43. The summed E-state index contributed by atoms with van der Waals surface area (Å²) in [5, 5.41) is 10.3. The maximum atomic E-state index is 12.6. The van der Waals surface area contributed by atoms with Crippen molar-refractivity contribution in [3.8, 4) is 11.3 Å². The molecule has 152 valence electrons. The van der Waals surface area contributed by atoms with E-state index in [1.807, 2.05) is 12.1 Å². The molecule has 2 aromatic carbocycles. The van der Waals surface area contributed by atoms with E-state index in [-0.39, 0.29) is 10.8 Å². The number of H-pyrrole nitrogens is 1. The Morgan fingerprint density at radius 1 is 1.14 bits per heavy atom. The number of halogens is 1. The van der Waals surface area contributed by atoms with Crippen LogP contribution in [0, 0.1) is 0 Å². The van der Waals surface area contributed by atoms with Gasteiger partial charge in [0, 0.05) is 24.7 Å². The first-order chi connectivity index (χ1) is 13.7. The van der Waals surface area contributed by atoms with Crippen molar-refractivity contribution < 1.29 is 13.2 Å². The van der Waals surface area contributed by atoms with E-state index >= 15 is 0 Å². The topological polar surface area (TPSA) is 95.2 Å². The molecule has 2 N–H and O–H groups in total. The SMILES string of the molecule is CC(NC(=O)c1cc(-c2cccc(Cl)c2)n[nH]1)c1cccc(S(=O)(=O)N(C)C)c1. The first kappa shape index (κ1) is 21.0. The largest absolute Gasteiger partial charge is 0.344 e. The highest BCUT2D eigenvalue weighted by atomic mass is 35.5. The molecule has 0 aliphatic heterocycles. The van der Waals surface area contributed by atoms with Gasteiger partial charge in [-0.05, 0) is 42.8 Å². The molecule has 0 radical (unpaired) electrons. The van der Waals surface area contributed by atoms with Crippen molar-refractivity contribution in [1.29, 1.82) is 0 Å². The molecule has 1 amide bonds. The Hall–Kier alpha value is -2.68. The highest BCUT2D eigenvalue weighted by molar-refractivity contribution is 7.89. The second-order valence-electron chi connectivity index (χ2n) is 6.73. The van der Waals surface area contributed by atoms with Crippen LogP contribution in [0.2, 0.25) is 5.02 Å². The lowest BCUT2D eigenvalue weighted by Gasteiger charge is -2.16. The maximum absolute atomic E-state index is 12.6. The fourth-order valence-corrected chi connectivity index (χ4v) is 3.89. The van der Waals surface area contributed by atoms with Crippen molar-refractivity contribution in [2.75, 3.05) is 14.1 Å². The summed E-state index contributed by atoms with van der Waals surface area (Å²) in [6, 6.07) is 14.9. The highest BCUT2D eigenvalue weighted by Crippen LogP contribution is 2.22. The number of carbonyl (C=O) groups is 1. The summed E-state index contributed by atoms with van der Waals surface area (Å²) in [4.78, 5) is 12.8. The van der Waals surface area contributed by atoms with Gasteiger partial charge in [0.05, 0.1) is 16.6 Å². The zero-order valence-electron chi connectivity index (χ0n) is 16.2. The quantitative estimate of drug-likeness (QED) is 0.623. The van der Waals surface area contributed by atoms with E-state index in [1.54, 1.807) is 43.3 Å². The minimum absolute atomic E-state index is 0.172. The first-order valence-electron chi connectivity index (χ1n) is 8.83. The van der Waals surface area contributed by atoms with Gasteiger partial charge in [-0.2, -0.15) is 5.10 Å². The van der Waals surface area contributed by atoms with Crippen molar-refractivity contribution in [2.45, 2.75) is 17.9 Å². The lowest BCUT2D eigenvalue weighted by Crippen LogP contribution is -2.27. The molecule has 0 saturated carbocycles. The number of sulfonamides is 1. The van der Waals surface area contributed by atoms with E-state index in [2.05, 4.69) is 15.5 Å². The van der Waals surface area contributed by atoms with Gasteiger partial charge >= 0.3 is 0 Å². The molecular weight excluding hydrogens is 412 g/mol. The van der Waals surface area contributed by atoms with Crippen LogP contribution in [0.4, 0.5) is 0 Å². The molecule has 0 bridgehead atoms. The molecule has 3 aromatic rings. The molecule has 1 heterocycles. The number of aromatic amines is 1. The standard InChI is InChI=1S/C20H21ClN4O3S/c1-13(14-6-5-9-17(11-14)29(27,28)25(2)3)22-20(26)19-12-18(23-24-19)15-7-4-8-16(21)10-15/h4-13H,1-3H3,(H,22,26)(H,23,24). The molecule has 9 heteroatoms. The van der Waals surface area contributed by atoms with Crippen molar-refractivity contribution in [3.63, 3.8) is 0 Å². The van der Waals surface area contributed by atoms with E-state index < -0.39 is 16.1 Å². The van der Waals surface area contributed by atoms with E-state index in [0.29, 0.717) is 22.0 Å². The van der Waals surface area contributed by atoms with E-state index in [0.717, 1.165) is 9.87 Å². The molecule has 3 rings (SSSR count).